The van der Waals surface area contributed by atoms with E-state index in [1.165, 1.54) is 12.4 Å². The van der Waals surface area contributed by atoms with Crippen molar-refractivity contribution in [1.29, 1.82) is 0 Å². The molecular weight excluding hydrogens is 401 g/mol. The van der Waals surface area contributed by atoms with Crippen molar-refractivity contribution < 1.29 is 22.8 Å². The fraction of sp³-hybridized carbons (Fsp3) is 0.375. The minimum absolute atomic E-state index is 0.0171. The van der Waals surface area contributed by atoms with Gasteiger partial charge in [-0.15, -0.1) is 0 Å². The van der Waals surface area contributed by atoms with Gasteiger partial charge in [0.25, 0.3) is 0 Å². The van der Waals surface area contributed by atoms with Crippen molar-refractivity contribution in [2.24, 2.45) is 0 Å². The van der Waals surface area contributed by atoms with Crippen LogP contribution in [0.5, 0.6) is 0 Å². The summed E-state index contributed by atoms with van der Waals surface area (Å²) >= 11 is 5.88. The summed E-state index contributed by atoms with van der Waals surface area (Å²) in [5.74, 6) is -0.491. The molecule has 0 aliphatic carbocycles. The van der Waals surface area contributed by atoms with Crippen LogP contribution >= 0.6 is 11.6 Å². The summed E-state index contributed by atoms with van der Waals surface area (Å²) in [6.07, 6.45) is -1.73. The Morgan fingerprint density at radius 1 is 1.11 bits per heavy atom. The van der Waals surface area contributed by atoms with Gasteiger partial charge in [0.1, 0.15) is 0 Å². The van der Waals surface area contributed by atoms with Crippen LogP contribution in [0.3, 0.4) is 0 Å². The largest absolute Gasteiger partial charge is 0.416 e. The molecule has 2 heterocycles. The summed E-state index contributed by atoms with van der Waals surface area (Å²) in [5.41, 5.74) is -0.994. The standard InChI is InChI=1S/C16H16ClF3N6O2/c17-12-2-1-11(16(18,19)20)9-13(12)23-14(27)10-24-5-7-25(8-6-24)15(28)26-21-3-4-22-26/h1-4,9H,5-8,10H2,(H,23,27). The Morgan fingerprint density at radius 3 is 2.36 bits per heavy atom. The molecule has 1 N–H and O–H groups in total. The molecule has 1 fully saturated rings. The average Bonchev–Trinajstić information content (AvgIpc) is 3.17. The molecule has 0 saturated carbocycles. The van der Waals surface area contributed by atoms with E-state index >= 15 is 0 Å². The van der Waals surface area contributed by atoms with Gasteiger partial charge in [-0.2, -0.15) is 23.4 Å². The third kappa shape index (κ3) is 4.78. The number of amides is 2. The molecule has 0 bridgehead atoms. The minimum Gasteiger partial charge on any atom is -0.324 e. The highest BCUT2D eigenvalue weighted by molar-refractivity contribution is 6.33. The lowest BCUT2D eigenvalue weighted by Gasteiger charge is -2.33. The number of hydrogen-bond donors (Lipinski definition) is 1. The summed E-state index contributed by atoms with van der Waals surface area (Å²) < 4.78 is 38.4. The van der Waals surface area contributed by atoms with Crippen molar-refractivity contribution in [3.63, 3.8) is 0 Å². The van der Waals surface area contributed by atoms with Gasteiger partial charge in [-0.3, -0.25) is 9.69 Å². The Balaban J connectivity index is 1.53. The number of carbonyl (C=O) groups excluding carboxylic acids is 2. The van der Waals surface area contributed by atoms with Crippen molar-refractivity contribution in [3.8, 4) is 0 Å². The summed E-state index contributed by atoms with van der Waals surface area (Å²) in [6, 6.07) is 2.38. The molecule has 3 rings (SSSR count). The highest BCUT2D eigenvalue weighted by atomic mass is 35.5. The molecular formula is C16H16ClF3N6O2. The Morgan fingerprint density at radius 2 is 1.75 bits per heavy atom. The van der Waals surface area contributed by atoms with Gasteiger partial charge in [-0.1, -0.05) is 16.4 Å². The smallest absolute Gasteiger partial charge is 0.324 e. The molecule has 12 heteroatoms. The second-order valence-electron chi connectivity index (χ2n) is 6.10. The monoisotopic (exact) mass is 416 g/mol. The lowest BCUT2D eigenvalue weighted by Crippen LogP contribution is -2.51. The van der Waals surface area contributed by atoms with Crippen LogP contribution < -0.4 is 5.32 Å². The Labute approximate surface area is 162 Å². The number of anilines is 1. The topological polar surface area (TPSA) is 83.4 Å². The van der Waals surface area contributed by atoms with Crippen LogP contribution in [0.15, 0.2) is 30.6 Å². The Hall–Kier alpha value is -2.66. The Kier molecular flexibility index (Phi) is 5.84. The number of aromatic nitrogens is 3. The number of rotatable bonds is 3. The van der Waals surface area contributed by atoms with Crippen molar-refractivity contribution in [2.45, 2.75) is 6.18 Å². The van der Waals surface area contributed by atoms with E-state index in [0.717, 1.165) is 23.0 Å². The van der Waals surface area contributed by atoms with E-state index in [4.69, 9.17) is 11.6 Å². The maximum Gasteiger partial charge on any atom is 0.416 e. The highest BCUT2D eigenvalue weighted by Crippen LogP contribution is 2.33. The minimum atomic E-state index is -4.53. The van der Waals surface area contributed by atoms with E-state index in [2.05, 4.69) is 15.5 Å². The molecule has 0 spiro atoms. The maximum atomic E-state index is 12.8. The van der Waals surface area contributed by atoms with Crippen molar-refractivity contribution in [1.82, 2.24) is 24.8 Å². The first-order valence-electron chi connectivity index (χ1n) is 8.28. The first kappa shape index (κ1) is 20.1. The molecule has 150 valence electrons. The summed E-state index contributed by atoms with van der Waals surface area (Å²) in [5, 5.41) is 9.99. The van der Waals surface area contributed by atoms with Crippen LogP contribution in [0.1, 0.15) is 5.56 Å². The van der Waals surface area contributed by atoms with E-state index in [0.29, 0.717) is 26.2 Å². The first-order valence-corrected chi connectivity index (χ1v) is 8.66. The second-order valence-corrected chi connectivity index (χ2v) is 6.51. The van der Waals surface area contributed by atoms with Gasteiger partial charge in [0, 0.05) is 26.2 Å². The second kappa shape index (κ2) is 8.15. The van der Waals surface area contributed by atoms with Crippen LogP contribution in [0.2, 0.25) is 5.02 Å². The third-order valence-corrected chi connectivity index (χ3v) is 4.50. The van der Waals surface area contributed by atoms with E-state index in [1.54, 1.807) is 9.80 Å². The van der Waals surface area contributed by atoms with E-state index in [1.807, 2.05) is 0 Å². The van der Waals surface area contributed by atoms with Gasteiger partial charge in [0.05, 0.1) is 35.2 Å². The first-order chi connectivity index (χ1) is 13.2. The molecule has 2 aromatic rings. The van der Waals surface area contributed by atoms with Gasteiger partial charge >= 0.3 is 12.2 Å². The number of hydrogen-bond acceptors (Lipinski definition) is 5. The average molecular weight is 417 g/mol. The SMILES string of the molecule is O=C(CN1CCN(C(=O)n2nccn2)CC1)Nc1cc(C(F)(F)F)ccc1Cl. The van der Waals surface area contributed by atoms with E-state index < -0.39 is 17.6 Å². The Bertz CT molecular complexity index is 851. The summed E-state index contributed by atoms with van der Waals surface area (Å²) in [4.78, 5) is 28.7. The van der Waals surface area contributed by atoms with E-state index in [-0.39, 0.29) is 23.3 Å². The highest BCUT2D eigenvalue weighted by Gasteiger charge is 2.31. The molecule has 8 nitrogen and oxygen atoms in total. The molecule has 0 radical (unpaired) electrons. The third-order valence-electron chi connectivity index (χ3n) is 4.17. The quantitative estimate of drug-likeness (QED) is 0.829. The van der Waals surface area contributed by atoms with Gasteiger partial charge in [-0.25, -0.2) is 4.79 Å². The zero-order valence-corrected chi connectivity index (χ0v) is 15.2. The number of alkyl halides is 3. The van der Waals surface area contributed by atoms with Gasteiger partial charge in [-0.05, 0) is 18.2 Å². The number of piperazine rings is 1. The van der Waals surface area contributed by atoms with Crippen LogP contribution in [-0.2, 0) is 11.0 Å². The van der Waals surface area contributed by atoms with Crippen molar-refractivity contribution >= 4 is 29.2 Å². The summed E-state index contributed by atoms with van der Waals surface area (Å²) in [6.45, 7) is 1.57. The van der Waals surface area contributed by atoms with Crippen molar-refractivity contribution in [2.75, 3.05) is 38.0 Å². The fourth-order valence-electron chi connectivity index (χ4n) is 2.73. The molecule has 1 aromatic carbocycles. The zero-order chi connectivity index (χ0) is 20.3. The van der Waals surface area contributed by atoms with Gasteiger partial charge in [0.15, 0.2) is 0 Å². The lowest BCUT2D eigenvalue weighted by atomic mass is 10.2. The predicted molar refractivity (Wildman–Crippen MR) is 93.9 cm³/mol. The summed E-state index contributed by atoms with van der Waals surface area (Å²) in [7, 11) is 0. The molecule has 1 aliphatic rings. The van der Waals surface area contributed by atoms with Gasteiger partial charge in [0.2, 0.25) is 5.91 Å². The van der Waals surface area contributed by atoms with E-state index in [9.17, 15) is 22.8 Å². The van der Waals surface area contributed by atoms with Gasteiger partial charge < -0.3 is 10.2 Å². The molecule has 2 amide bonds. The van der Waals surface area contributed by atoms with Crippen LogP contribution in [-0.4, -0.2) is 69.5 Å². The van der Waals surface area contributed by atoms with Crippen LogP contribution in [0.4, 0.5) is 23.7 Å². The molecule has 0 unspecified atom stereocenters. The molecule has 1 aromatic heterocycles. The molecule has 1 saturated heterocycles. The fourth-order valence-corrected chi connectivity index (χ4v) is 2.89. The van der Waals surface area contributed by atoms with Crippen molar-refractivity contribution in [3.05, 3.63) is 41.2 Å². The molecule has 1 aliphatic heterocycles. The zero-order valence-electron chi connectivity index (χ0n) is 14.5. The number of carbonyl (C=O) groups is 2. The molecule has 28 heavy (non-hydrogen) atoms. The van der Waals surface area contributed by atoms with Crippen LogP contribution in [0.25, 0.3) is 0 Å². The number of halogens is 4. The number of benzene rings is 1. The van der Waals surface area contributed by atoms with Crippen LogP contribution in [0, 0.1) is 0 Å². The molecule has 0 atom stereocenters. The maximum absolute atomic E-state index is 12.8. The normalized spacial score (nSPS) is 15.5. The lowest BCUT2D eigenvalue weighted by molar-refractivity contribution is -0.137. The number of nitrogens with one attached hydrogen (secondary N) is 1. The predicted octanol–water partition coefficient (Wildman–Crippen LogP) is 2.17. The number of nitrogens with zero attached hydrogens (tertiary/aromatic N) is 5.